The van der Waals surface area contributed by atoms with E-state index in [9.17, 15) is 4.79 Å². The van der Waals surface area contributed by atoms with E-state index in [-0.39, 0.29) is 5.56 Å². The van der Waals surface area contributed by atoms with Gasteiger partial charge in [-0.25, -0.2) is 0 Å². The van der Waals surface area contributed by atoms with Crippen LogP contribution >= 0.6 is 0 Å². The zero-order chi connectivity index (χ0) is 10.8. The van der Waals surface area contributed by atoms with Crippen LogP contribution in [0.15, 0.2) is 29.1 Å². The van der Waals surface area contributed by atoms with Gasteiger partial charge in [0.25, 0.3) is 5.56 Å². The Labute approximate surface area is 86.5 Å². The van der Waals surface area contributed by atoms with Crippen molar-refractivity contribution in [3.63, 3.8) is 0 Å². The fourth-order valence-electron chi connectivity index (χ4n) is 1.44. The number of hydrogen-bond donors (Lipinski definition) is 1. The van der Waals surface area contributed by atoms with Gasteiger partial charge in [-0.15, -0.1) is 0 Å². The maximum Gasteiger partial charge on any atom is 0.290 e. The molecule has 0 unspecified atom stereocenters. The number of fused-ring (bicyclic) bond motifs is 1. The molecule has 0 saturated carbocycles. The van der Waals surface area contributed by atoms with E-state index in [4.69, 9.17) is 9.47 Å². The quantitative estimate of drug-likeness (QED) is 0.809. The lowest BCUT2D eigenvalue weighted by atomic mass is 10.2. The molecule has 2 aromatic rings. The highest BCUT2D eigenvalue weighted by Gasteiger charge is 2.03. The van der Waals surface area contributed by atoms with Gasteiger partial charge in [0, 0.05) is 11.5 Å². The predicted octanol–water partition coefficient (Wildman–Crippen LogP) is 1.55. The Balaban J connectivity index is 2.70. The Kier molecular flexibility index (Phi) is 2.33. The van der Waals surface area contributed by atoms with Crippen molar-refractivity contribution in [3.05, 3.63) is 34.6 Å². The molecule has 0 aliphatic carbocycles. The standard InChI is InChI=1S/C11H11NO3/c1-14-8-4-3-7-5-10(15-2)11(13)12-9(7)6-8/h3-6H,1-2H3,(H,12,13). The molecule has 78 valence electrons. The van der Waals surface area contributed by atoms with Crippen molar-refractivity contribution < 1.29 is 9.47 Å². The Morgan fingerprint density at radius 2 is 1.93 bits per heavy atom. The fourth-order valence-corrected chi connectivity index (χ4v) is 1.44. The molecule has 0 radical (unpaired) electrons. The summed E-state index contributed by atoms with van der Waals surface area (Å²) in [5, 5.41) is 0.909. The van der Waals surface area contributed by atoms with Crippen LogP contribution in [0.1, 0.15) is 0 Å². The molecule has 0 saturated heterocycles. The first-order chi connectivity index (χ1) is 7.24. The first kappa shape index (κ1) is 9.58. The van der Waals surface area contributed by atoms with Crippen LogP contribution in [-0.2, 0) is 0 Å². The van der Waals surface area contributed by atoms with Crippen LogP contribution in [0, 0.1) is 0 Å². The third kappa shape index (κ3) is 1.66. The van der Waals surface area contributed by atoms with Gasteiger partial charge < -0.3 is 14.5 Å². The number of hydrogen-bond acceptors (Lipinski definition) is 3. The molecule has 0 atom stereocenters. The van der Waals surface area contributed by atoms with Gasteiger partial charge in [0.05, 0.1) is 19.7 Å². The van der Waals surface area contributed by atoms with Crippen LogP contribution < -0.4 is 15.0 Å². The highest BCUT2D eigenvalue weighted by Crippen LogP contribution is 2.19. The molecule has 0 spiro atoms. The van der Waals surface area contributed by atoms with Gasteiger partial charge in [-0.2, -0.15) is 0 Å². The third-order valence-electron chi connectivity index (χ3n) is 2.24. The van der Waals surface area contributed by atoms with E-state index in [0.29, 0.717) is 11.5 Å². The Hall–Kier alpha value is -1.97. The molecular formula is C11H11NO3. The molecule has 1 heterocycles. The van der Waals surface area contributed by atoms with Crippen molar-refractivity contribution in [2.75, 3.05) is 14.2 Å². The summed E-state index contributed by atoms with van der Waals surface area (Å²) in [6.45, 7) is 0. The zero-order valence-electron chi connectivity index (χ0n) is 8.53. The topological polar surface area (TPSA) is 51.3 Å². The van der Waals surface area contributed by atoms with Crippen LogP contribution in [-0.4, -0.2) is 19.2 Å². The summed E-state index contributed by atoms with van der Waals surface area (Å²) < 4.78 is 10.0. The van der Waals surface area contributed by atoms with Crippen molar-refractivity contribution in [3.8, 4) is 11.5 Å². The molecule has 1 N–H and O–H groups in total. The molecule has 0 aliphatic rings. The number of rotatable bonds is 2. The van der Waals surface area contributed by atoms with E-state index in [1.165, 1.54) is 7.11 Å². The predicted molar refractivity (Wildman–Crippen MR) is 57.7 cm³/mol. The summed E-state index contributed by atoms with van der Waals surface area (Å²) in [5.74, 6) is 1.02. The van der Waals surface area contributed by atoms with Gasteiger partial charge in [-0.1, -0.05) is 0 Å². The van der Waals surface area contributed by atoms with Crippen molar-refractivity contribution in [1.29, 1.82) is 0 Å². The minimum Gasteiger partial charge on any atom is -0.497 e. The second-order valence-corrected chi connectivity index (χ2v) is 3.12. The molecule has 0 fully saturated rings. The van der Waals surface area contributed by atoms with Gasteiger partial charge in [-0.05, 0) is 18.2 Å². The highest BCUT2D eigenvalue weighted by atomic mass is 16.5. The largest absolute Gasteiger partial charge is 0.497 e. The van der Waals surface area contributed by atoms with Crippen molar-refractivity contribution in [2.45, 2.75) is 0 Å². The smallest absolute Gasteiger partial charge is 0.290 e. The monoisotopic (exact) mass is 205 g/mol. The molecule has 15 heavy (non-hydrogen) atoms. The summed E-state index contributed by atoms with van der Waals surface area (Å²) in [6, 6.07) is 7.18. The first-order valence-electron chi connectivity index (χ1n) is 4.49. The van der Waals surface area contributed by atoms with Gasteiger partial charge in [0.2, 0.25) is 0 Å². The number of H-pyrrole nitrogens is 1. The second-order valence-electron chi connectivity index (χ2n) is 3.12. The molecular weight excluding hydrogens is 194 g/mol. The normalized spacial score (nSPS) is 10.3. The van der Waals surface area contributed by atoms with Gasteiger partial charge >= 0.3 is 0 Å². The minimum atomic E-state index is -0.238. The van der Waals surface area contributed by atoms with E-state index in [0.717, 1.165) is 10.9 Å². The number of aromatic nitrogens is 1. The molecule has 0 aliphatic heterocycles. The SMILES string of the molecule is COc1ccc2cc(OC)c(=O)[nH]c2c1. The number of pyridine rings is 1. The van der Waals surface area contributed by atoms with Crippen molar-refractivity contribution in [1.82, 2.24) is 4.98 Å². The maximum atomic E-state index is 11.4. The van der Waals surface area contributed by atoms with Crippen LogP contribution in [0.4, 0.5) is 0 Å². The summed E-state index contributed by atoms with van der Waals surface area (Å²) in [4.78, 5) is 14.2. The van der Waals surface area contributed by atoms with E-state index in [1.54, 1.807) is 19.2 Å². The number of benzene rings is 1. The van der Waals surface area contributed by atoms with Crippen molar-refractivity contribution in [2.24, 2.45) is 0 Å². The minimum absolute atomic E-state index is 0.238. The summed E-state index contributed by atoms with van der Waals surface area (Å²) >= 11 is 0. The average molecular weight is 205 g/mol. The van der Waals surface area contributed by atoms with Crippen LogP contribution in [0.5, 0.6) is 11.5 Å². The van der Waals surface area contributed by atoms with Crippen LogP contribution in [0.25, 0.3) is 10.9 Å². The van der Waals surface area contributed by atoms with Crippen LogP contribution in [0.2, 0.25) is 0 Å². The number of nitrogens with one attached hydrogen (secondary N) is 1. The number of aromatic amines is 1. The van der Waals surface area contributed by atoms with Crippen LogP contribution in [0.3, 0.4) is 0 Å². The molecule has 4 nitrogen and oxygen atoms in total. The molecule has 1 aromatic carbocycles. The van der Waals surface area contributed by atoms with E-state index < -0.39 is 0 Å². The summed E-state index contributed by atoms with van der Waals surface area (Å²) in [5.41, 5.74) is 0.499. The summed E-state index contributed by atoms with van der Waals surface area (Å²) in [7, 11) is 3.06. The first-order valence-corrected chi connectivity index (χ1v) is 4.49. The van der Waals surface area contributed by atoms with E-state index >= 15 is 0 Å². The molecule has 0 amide bonds. The molecule has 0 bridgehead atoms. The highest BCUT2D eigenvalue weighted by molar-refractivity contribution is 5.81. The van der Waals surface area contributed by atoms with Gasteiger partial charge in [0.1, 0.15) is 5.75 Å². The lowest BCUT2D eigenvalue weighted by Crippen LogP contribution is -2.08. The fraction of sp³-hybridized carbons (Fsp3) is 0.182. The zero-order valence-corrected chi connectivity index (χ0v) is 8.53. The molecule has 1 aromatic heterocycles. The lowest BCUT2D eigenvalue weighted by molar-refractivity contribution is 0.409. The summed E-state index contributed by atoms with van der Waals surface area (Å²) in [6.07, 6.45) is 0. The Bertz CT molecular complexity index is 545. The number of methoxy groups -OCH3 is 2. The maximum absolute atomic E-state index is 11.4. The molecule has 4 heteroatoms. The third-order valence-corrected chi connectivity index (χ3v) is 2.24. The Morgan fingerprint density at radius 3 is 2.60 bits per heavy atom. The van der Waals surface area contributed by atoms with Gasteiger partial charge in [-0.3, -0.25) is 4.79 Å². The number of ether oxygens (including phenoxy) is 2. The van der Waals surface area contributed by atoms with Crippen molar-refractivity contribution >= 4 is 10.9 Å². The molecule has 2 rings (SSSR count). The lowest BCUT2D eigenvalue weighted by Gasteiger charge is -2.04. The van der Waals surface area contributed by atoms with E-state index in [1.807, 2.05) is 12.1 Å². The average Bonchev–Trinajstić information content (AvgIpc) is 2.27. The Morgan fingerprint density at radius 1 is 1.13 bits per heavy atom. The van der Waals surface area contributed by atoms with Gasteiger partial charge in [0.15, 0.2) is 5.75 Å². The second kappa shape index (κ2) is 3.65. The van der Waals surface area contributed by atoms with E-state index in [2.05, 4.69) is 4.98 Å².